The van der Waals surface area contributed by atoms with Crippen LogP contribution in [0.15, 0.2) is 30.3 Å². The molecule has 5 nitrogen and oxygen atoms in total. The fraction of sp³-hybridized carbons (Fsp3) is 0.400. The zero-order valence-corrected chi connectivity index (χ0v) is 9.72. The first-order chi connectivity index (χ1) is 7.62. The lowest BCUT2D eigenvalue weighted by molar-refractivity contribution is -0.572. The minimum absolute atomic E-state index is 0.0978. The third-order valence-corrected chi connectivity index (χ3v) is 3.84. The molecule has 0 spiro atoms. The van der Waals surface area contributed by atoms with Gasteiger partial charge in [-0.15, -0.1) is 0 Å². The number of nitro groups is 1. The molecule has 1 aliphatic heterocycles. The highest BCUT2D eigenvalue weighted by Crippen LogP contribution is 2.42. The van der Waals surface area contributed by atoms with E-state index in [4.69, 9.17) is 9.05 Å². The van der Waals surface area contributed by atoms with Crippen molar-refractivity contribution in [2.75, 3.05) is 13.2 Å². The van der Waals surface area contributed by atoms with Gasteiger partial charge in [0.2, 0.25) is 8.38 Å². The topological polar surface area (TPSA) is 61.6 Å². The van der Waals surface area contributed by atoms with Crippen LogP contribution in [0.25, 0.3) is 0 Å². The Kier molecular flexibility index (Phi) is 3.19. The normalized spacial score (nSPS) is 29.9. The molecule has 0 bridgehead atoms. The predicted octanol–water partition coefficient (Wildman–Crippen LogP) is 1.71. The predicted molar refractivity (Wildman–Crippen MR) is 60.3 cm³/mol. The van der Waals surface area contributed by atoms with Crippen LogP contribution >= 0.6 is 8.38 Å². The van der Waals surface area contributed by atoms with Crippen LogP contribution in [0.1, 0.15) is 6.92 Å². The van der Waals surface area contributed by atoms with Crippen molar-refractivity contribution in [3.8, 4) is 0 Å². The van der Waals surface area contributed by atoms with E-state index in [1.54, 1.807) is 0 Å². The van der Waals surface area contributed by atoms with E-state index in [0.717, 1.165) is 5.30 Å². The molecule has 0 radical (unpaired) electrons. The quantitative estimate of drug-likeness (QED) is 0.449. The van der Waals surface area contributed by atoms with Gasteiger partial charge in [0.25, 0.3) is 5.54 Å². The molecule has 16 heavy (non-hydrogen) atoms. The summed E-state index contributed by atoms with van der Waals surface area (Å²) in [6, 6.07) is 9.50. The van der Waals surface area contributed by atoms with Crippen molar-refractivity contribution in [3.63, 3.8) is 0 Å². The second-order valence-electron chi connectivity index (χ2n) is 3.89. The maximum atomic E-state index is 10.8. The summed E-state index contributed by atoms with van der Waals surface area (Å²) >= 11 is 0. The molecule has 86 valence electrons. The molecule has 1 aliphatic rings. The van der Waals surface area contributed by atoms with Gasteiger partial charge in [0.15, 0.2) is 0 Å². The van der Waals surface area contributed by atoms with Gasteiger partial charge in [-0.05, 0) is 12.1 Å². The maximum absolute atomic E-state index is 10.8. The van der Waals surface area contributed by atoms with Crippen molar-refractivity contribution in [1.82, 2.24) is 0 Å². The molecule has 6 heteroatoms. The second kappa shape index (κ2) is 4.45. The van der Waals surface area contributed by atoms with Crippen LogP contribution in [0.3, 0.4) is 0 Å². The molecule has 0 aromatic heterocycles. The van der Waals surface area contributed by atoms with E-state index in [1.807, 2.05) is 30.3 Å². The summed E-state index contributed by atoms with van der Waals surface area (Å²) < 4.78 is 10.9. The van der Waals surface area contributed by atoms with Crippen molar-refractivity contribution in [2.24, 2.45) is 0 Å². The lowest BCUT2D eigenvalue weighted by Gasteiger charge is -2.30. The minimum atomic E-state index is -1.15. The Balaban J connectivity index is 2.03. The Morgan fingerprint density at radius 3 is 2.38 bits per heavy atom. The van der Waals surface area contributed by atoms with E-state index < -0.39 is 13.9 Å². The molecule has 1 heterocycles. The van der Waals surface area contributed by atoms with E-state index >= 15 is 0 Å². The first-order valence-corrected chi connectivity index (χ1v) is 6.05. The summed E-state index contributed by atoms with van der Waals surface area (Å²) in [5.41, 5.74) is -1.12. The monoisotopic (exact) mass is 241 g/mol. The van der Waals surface area contributed by atoms with Crippen molar-refractivity contribution in [1.29, 1.82) is 0 Å². The molecule has 0 N–H and O–H groups in total. The standard InChI is InChI=1S/C10H12NO4P/c1-10(11(12)13)7-14-16(15-8-10)9-5-3-2-4-6-9/h2-6H,7-8H2,1H3. The zero-order valence-electron chi connectivity index (χ0n) is 8.83. The van der Waals surface area contributed by atoms with E-state index in [1.165, 1.54) is 6.92 Å². The van der Waals surface area contributed by atoms with Crippen LogP contribution in [0, 0.1) is 10.1 Å². The number of nitrogens with zero attached hydrogens (tertiary/aromatic N) is 1. The first-order valence-electron chi connectivity index (χ1n) is 4.87. The fourth-order valence-electron chi connectivity index (χ4n) is 1.28. The summed E-state index contributed by atoms with van der Waals surface area (Å²) in [4.78, 5) is 10.4. The molecule has 1 fully saturated rings. The molecule has 0 aliphatic carbocycles. The highest BCUT2D eigenvalue weighted by atomic mass is 31.2. The minimum Gasteiger partial charge on any atom is -0.323 e. The Morgan fingerprint density at radius 1 is 1.31 bits per heavy atom. The van der Waals surface area contributed by atoms with E-state index in [0.29, 0.717) is 0 Å². The summed E-state index contributed by atoms with van der Waals surface area (Å²) in [7, 11) is -1.15. The van der Waals surface area contributed by atoms with Gasteiger partial charge in [-0.25, -0.2) is 0 Å². The summed E-state index contributed by atoms with van der Waals surface area (Å²) in [5.74, 6) is 0. The van der Waals surface area contributed by atoms with Gasteiger partial charge in [0.05, 0.1) is 0 Å². The average molecular weight is 241 g/mol. The molecule has 2 rings (SSSR count). The van der Waals surface area contributed by atoms with Gasteiger partial charge < -0.3 is 9.05 Å². The van der Waals surface area contributed by atoms with Crippen LogP contribution in [0.5, 0.6) is 0 Å². The molecule has 1 aromatic rings. The van der Waals surface area contributed by atoms with Gasteiger partial charge in [-0.3, -0.25) is 10.1 Å². The van der Waals surface area contributed by atoms with Crippen molar-refractivity contribution in [3.05, 3.63) is 40.4 Å². The number of hydrogen-bond donors (Lipinski definition) is 0. The molecule has 0 unspecified atom stereocenters. The van der Waals surface area contributed by atoms with Crippen LogP contribution in [0.2, 0.25) is 0 Å². The fourth-order valence-corrected chi connectivity index (χ4v) is 2.86. The molecule has 0 atom stereocenters. The van der Waals surface area contributed by atoms with Gasteiger partial charge in [0.1, 0.15) is 13.2 Å². The van der Waals surface area contributed by atoms with Crippen molar-refractivity contribution < 1.29 is 14.0 Å². The Bertz CT molecular complexity index is 376. The molecule has 0 amide bonds. The van der Waals surface area contributed by atoms with Crippen molar-refractivity contribution in [2.45, 2.75) is 12.5 Å². The van der Waals surface area contributed by atoms with Gasteiger partial charge in [-0.2, -0.15) is 0 Å². The third-order valence-electron chi connectivity index (χ3n) is 2.39. The largest absolute Gasteiger partial charge is 0.323 e. The smallest absolute Gasteiger partial charge is 0.266 e. The van der Waals surface area contributed by atoms with Gasteiger partial charge in [-0.1, -0.05) is 18.2 Å². The number of rotatable bonds is 2. The molecule has 0 saturated carbocycles. The van der Waals surface area contributed by atoms with Crippen LogP contribution < -0.4 is 5.30 Å². The molecular formula is C10H12NO4P. The number of benzene rings is 1. The summed E-state index contributed by atoms with van der Waals surface area (Å²) in [6.07, 6.45) is 0. The molecule has 1 aromatic carbocycles. The van der Waals surface area contributed by atoms with Crippen LogP contribution in [-0.2, 0) is 9.05 Å². The highest BCUT2D eigenvalue weighted by molar-refractivity contribution is 7.56. The van der Waals surface area contributed by atoms with Gasteiger partial charge in [0, 0.05) is 17.2 Å². The summed E-state index contributed by atoms with van der Waals surface area (Å²) in [5, 5.41) is 11.7. The highest BCUT2D eigenvalue weighted by Gasteiger charge is 2.44. The Morgan fingerprint density at radius 2 is 1.88 bits per heavy atom. The lowest BCUT2D eigenvalue weighted by Crippen LogP contribution is -2.46. The summed E-state index contributed by atoms with van der Waals surface area (Å²) in [6.45, 7) is 1.73. The van der Waals surface area contributed by atoms with Crippen LogP contribution in [0.4, 0.5) is 0 Å². The Labute approximate surface area is 94.4 Å². The molecule has 1 saturated heterocycles. The number of hydrogen-bond acceptors (Lipinski definition) is 4. The zero-order chi connectivity index (χ0) is 11.6. The van der Waals surface area contributed by atoms with E-state index in [2.05, 4.69) is 0 Å². The third kappa shape index (κ3) is 2.21. The lowest BCUT2D eigenvalue weighted by atomic mass is 10.1. The Hall–Kier alpha value is -1.03. The van der Waals surface area contributed by atoms with Crippen LogP contribution in [-0.4, -0.2) is 23.7 Å². The average Bonchev–Trinajstić information content (AvgIpc) is 2.31. The SMILES string of the molecule is CC1([N+](=O)[O-])COP(c2ccccc2)OC1. The first kappa shape index (κ1) is 11.5. The maximum Gasteiger partial charge on any atom is 0.266 e. The molecular weight excluding hydrogens is 229 g/mol. The van der Waals surface area contributed by atoms with E-state index in [-0.39, 0.29) is 18.1 Å². The van der Waals surface area contributed by atoms with E-state index in [9.17, 15) is 10.1 Å². The van der Waals surface area contributed by atoms with Crippen molar-refractivity contribution >= 4 is 13.7 Å². The second-order valence-corrected chi connectivity index (χ2v) is 5.44. The van der Waals surface area contributed by atoms with Gasteiger partial charge >= 0.3 is 0 Å².